The minimum absolute atomic E-state index is 0.755. The van der Waals surface area contributed by atoms with Crippen molar-refractivity contribution in [1.29, 1.82) is 0 Å². The van der Waals surface area contributed by atoms with Crippen LogP contribution in [-0.2, 0) is 7.05 Å². The van der Waals surface area contributed by atoms with Gasteiger partial charge in [-0.05, 0) is 19.4 Å². The lowest BCUT2D eigenvalue weighted by Gasteiger charge is -1.99. The summed E-state index contributed by atoms with van der Waals surface area (Å²) < 4.78 is 1.83. The van der Waals surface area contributed by atoms with Crippen molar-refractivity contribution >= 4 is 6.29 Å². The van der Waals surface area contributed by atoms with E-state index in [4.69, 9.17) is 0 Å². The van der Waals surface area contributed by atoms with Crippen LogP contribution in [0.2, 0.25) is 0 Å². The van der Waals surface area contributed by atoms with Gasteiger partial charge < -0.3 is 0 Å². The van der Waals surface area contributed by atoms with Crippen LogP contribution >= 0.6 is 0 Å². The average molecular weight is 150 g/mol. The summed E-state index contributed by atoms with van der Waals surface area (Å²) in [6, 6.07) is 2.00. The molecule has 0 radical (unpaired) electrons. The number of carbonyl (C=O) groups is 1. The summed E-state index contributed by atoms with van der Waals surface area (Å²) in [5, 5.41) is 0. The molecule has 0 N–H and O–H groups in total. The summed E-state index contributed by atoms with van der Waals surface area (Å²) in [5.74, 6) is 0. The Balaban J connectivity index is 3.40. The summed E-state index contributed by atoms with van der Waals surface area (Å²) in [6.45, 7) is 3.96. The molecule has 0 aliphatic carbocycles. The summed E-state index contributed by atoms with van der Waals surface area (Å²) >= 11 is 0. The molecule has 0 saturated heterocycles. The van der Waals surface area contributed by atoms with E-state index in [-0.39, 0.29) is 0 Å². The number of aromatic nitrogens is 1. The van der Waals surface area contributed by atoms with Crippen molar-refractivity contribution in [3.05, 3.63) is 29.1 Å². The van der Waals surface area contributed by atoms with Crippen LogP contribution in [0.15, 0.2) is 12.3 Å². The number of nitrogens with zero attached hydrogens (tertiary/aromatic N) is 1. The SMILES string of the molecule is Cc1cc[n+](C)c(C=O)c1C. The second-order valence-electron chi connectivity index (χ2n) is 2.74. The van der Waals surface area contributed by atoms with Crippen molar-refractivity contribution in [2.75, 3.05) is 0 Å². The summed E-state index contributed by atoms with van der Waals surface area (Å²) in [4.78, 5) is 10.6. The van der Waals surface area contributed by atoms with E-state index in [0.717, 1.165) is 23.1 Å². The molecule has 0 unspecified atom stereocenters. The molecule has 1 aromatic heterocycles. The third-order valence-corrected chi connectivity index (χ3v) is 2.02. The standard InChI is InChI=1S/C9H12NO/c1-7-4-5-10(3)9(6-11)8(7)2/h4-6H,1-3H3/q+1. The quantitative estimate of drug-likeness (QED) is 0.431. The lowest BCUT2D eigenvalue weighted by Crippen LogP contribution is -2.34. The molecule has 58 valence electrons. The third-order valence-electron chi connectivity index (χ3n) is 2.02. The monoisotopic (exact) mass is 150 g/mol. The fourth-order valence-corrected chi connectivity index (χ4v) is 1.07. The van der Waals surface area contributed by atoms with Gasteiger partial charge in [-0.25, -0.2) is 0 Å². The lowest BCUT2D eigenvalue weighted by atomic mass is 10.1. The molecule has 1 aromatic rings. The van der Waals surface area contributed by atoms with E-state index >= 15 is 0 Å². The van der Waals surface area contributed by atoms with Gasteiger partial charge in [-0.15, -0.1) is 0 Å². The van der Waals surface area contributed by atoms with Crippen LogP contribution in [0.25, 0.3) is 0 Å². The molecule has 0 amide bonds. The largest absolute Gasteiger partial charge is 0.291 e. The van der Waals surface area contributed by atoms with Gasteiger partial charge in [0.05, 0.1) is 0 Å². The average Bonchev–Trinajstić information content (AvgIpc) is 1.99. The summed E-state index contributed by atoms with van der Waals surface area (Å²) in [6.07, 6.45) is 2.79. The Morgan fingerprint density at radius 3 is 2.55 bits per heavy atom. The molecule has 0 fully saturated rings. The first-order chi connectivity index (χ1) is 5.16. The molecule has 2 heteroatoms. The van der Waals surface area contributed by atoms with Crippen LogP contribution < -0.4 is 4.57 Å². The Bertz CT molecular complexity index is 292. The van der Waals surface area contributed by atoms with Gasteiger partial charge in [0, 0.05) is 11.6 Å². The topological polar surface area (TPSA) is 20.9 Å². The number of hydrogen-bond donors (Lipinski definition) is 0. The molecule has 0 aromatic carbocycles. The van der Waals surface area contributed by atoms with Crippen molar-refractivity contribution in [1.82, 2.24) is 0 Å². The number of pyridine rings is 1. The number of rotatable bonds is 1. The molecular weight excluding hydrogens is 138 g/mol. The van der Waals surface area contributed by atoms with Crippen molar-refractivity contribution in [3.8, 4) is 0 Å². The molecule has 0 saturated carbocycles. The fraction of sp³-hybridized carbons (Fsp3) is 0.333. The first-order valence-corrected chi connectivity index (χ1v) is 3.58. The molecule has 1 heterocycles. The molecule has 0 atom stereocenters. The third kappa shape index (κ3) is 1.29. The van der Waals surface area contributed by atoms with Crippen molar-refractivity contribution in [3.63, 3.8) is 0 Å². The van der Waals surface area contributed by atoms with Crippen LogP contribution in [0.1, 0.15) is 21.6 Å². The Morgan fingerprint density at radius 1 is 1.45 bits per heavy atom. The van der Waals surface area contributed by atoms with Crippen molar-refractivity contribution in [2.45, 2.75) is 13.8 Å². The number of hydrogen-bond acceptors (Lipinski definition) is 1. The highest BCUT2D eigenvalue weighted by Crippen LogP contribution is 2.05. The van der Waals surface area contributed by atoms with Crippen LogP contribution in [-0.4, -0.2) is 6.29 Å². The maximum atomic E-state index is 10.6. The predicted molar refractivity (Wildman–Crippen MR) is 42.5 cm³/mol. The number of aryl methyl sites for hydroxylation is 2. The highest BCUT2D eigenvalue weighted by molar-refractivity contribution is 5.72. The number of aldehydes is 1. The van der Waals surface area contributed by atoms with Crippen molar-refractivity contribution < 1.29 is 9.36 Å². The smallest absolute Gasteiger partial charge is 0.248 e. The Labute approximate surface area is 66.5 Å². The van der Waals surface area contributed by atoms with Gasteiger partial charge in [0.25, 0.3) is 0 Å². The Morgan fingerprint density at radius 2 is 2.09 bits per heavy atom. The minimum atomic E-state index is 0.755. The lowest BCUT2D eigenvalue weighted by molar-refractivity contribution is -0.673. The molecule has 0 aliphatic rings. The van der Waals surface area contributed by atoms with Gasteiger partial charge in [-0.2, -0.15) is 4.57 Å². The van der Waals surface area contributed by atoms with Gasteiger partial charge >= 0.3 is 0 Å². The molecule has 0 bridgehead atoms. The zero-order valence-electron chi connectivity index (χ0n) is 7.09. The van der Waals surface area contributed by atoms with E-state index in [1.165, 1.54) is 0 Å². The fourth-order valence-electron chi connectivity index (χ4n) is 1.07. The Hall–Kier alpha value is -1.18. The summed E-state index contributed by atoms with van der Waals surface area (Å²) in [7, 11) is 1.87. The second-order valence-corrected chi connectivity index (χ2v) is 2.74. The van der Waals surface area contributed by atoms with Gasteiger partial charge in [0.1, 0.15) is 7.05 Å². The van der Waals surface area contributed by atoms with Crippen LogP contribution in [0.4, 0.5) is 0 Å². The van der Waals surface area contributed by atoms with E-state index in [9.17, 15) is 4.79 Å². The predicted octanol–water partition coefficient (Wildman–Crippen LogP) is 0.940. The van der Waals surface area contributed by atoms with Crippen LogP contribution in [0.3, 0.4) is 0 Å². The van der Waals surface area contributed by atoms with Gasteiger partial charge in [0.2, 0.25) is 12.0 Å². The van der Waals surface area contributed by atoms with E-state index in [1.807, 2.05) is 37.7 Å². The normalized spacial score (nSPS) is 9.73. The zero-order valence-corrected chi connectivity index (χ0v) is 7.09. The molecule has 2 nitrogen and oxygen atoms in total. The zero-order chi connectivity index (χ0) is 8.43. The highest BCUT2D eigenvalue weighted by atomic mass is 16.1. The van der Waals surface area contributed by atoms with Gasteiger partial charge in [-0.1, -0.05) is 0 Å². The van der Waals surface area contributed by atoms with E-state index in [1.54, 1.807) is 0 Å². The molecule has 0 spiro atoms. The molecule has 11 heavy (non-hydrogen) atoms. The minimum Gasteiger partial charge on any atom is -0.291 e. The molecule has 0 aliphatic heterocycles. The molecule has 1 rings (SSSR count). The first-order valence-electron chi connectivity index (χ1n) is 3.58. The summed E-state index contributed by atoms with van der Waals surface area (Å²) in [5.41, 5.74) is 2.97. The van der Waals surface area contributed by atoms with E-state index < -0.39 is 0 Å². The van der Waals surface area contributed by atoms with Crippen LogP contribution in [0, 0.1) is 13.8 Å². The maximum Gasteiger partial charge on any atom is 0.248 e. The second kappa shape index (κ2) is 2.82. The van der Waals surface area contributed by atoms with Gasteiger partial charge in [-0.3, -0.25) is 4.79 Å². The first kappa shape index (κ1) is 7.92. The Kier molecular flexibility index (Phi) is 2.03. The highest BCUT2D eigenvalue weighted by Gasteiger charge is 2.09. The molecular formula is C9H12NO+. The van der Waals surface area contributed by atoms with Crippen LogP contribution in [0.5, 0.6) is 0 Å². The van der Waals surface area contributed by atoms with E-state index in [2.05, 4.69) is 0 Å². The van der Waals surface area contributed by atoms with Gasteiger partial charge in [0.15, 0.2) is 6.20 Å². The van der Waals surface area contributed by atoms with Crippen molar-refractivity contribution in [2.24, 2.45) is 7.05 Å². The maximum absolute atomic E-state index is 10.6. The van der Waals surface area contributed by atoms with E-state index in [0.29, 0.717) is 0 Å². The number of carbonyl (C=O) groups excluding carboxylic acids is 1.